The summed E-state index contributed by atoms with van der Waals surface area (Å²) < 4.78 is 5.85. The van der Waals surface area contributed by atoms with Gasteiger partial charge in [0.15, 0.2) is 5.82 Å². The lowest BCUT2D eigenvalue weighted by Crippen LogP contribution is -2.26. The minimum absolute atomic E-state index is 0.0188. The van der Waals surface area contributed by atoms with Gasteiger partial charge >= 0.3 is 6.01 Å². The van der Waals surface area contributed by atoms with Crippen LogP contribution in [0.4, 0.5) is 5.82 Å². The van der Waals surface area contributed by atoms with E-state index in [9.17, 15) is 0 Å². The Morgan fingerprint density at radius 3 is 2.48 bits per heavy atom. The SMILES string of the molecule is Cc1cnc(OC2CCN(c3ccc(C(C)(C)C)nn3)C2)nc1. The molecule has 2 aromatic heterocycles. The maximum atomic E-state index is 5.85. The number of aryl methyl sites for hydroxylation is 1. The first-order valence-corrected chi connectivity index (χ1v) is 7.96. The third-order valence-electron chi connectivity index (χ3n) is 3.92. The van der Waals surface area contributed by atoms with E-state index in [2.05, 4.69) is 51.9 Å². The van der Waals surface area contributed by atoms with Crippen molar-refractivity contribution in [3.63, 3.8) is 0 Å². The molecule has 0 bridgehead atoms. The van der Waals surface area contributed by atoms with Crippen molar-refractivity contribution in [1.82, 2.24) is 20.2 Å². The first-order valence-electron chi connectivity index (χ1n) is 7.96. The Labute approximate surface area is 136 Å². The van der Waals surface area contributed by atoms with Crippen molar-refractivity contribution in [2.75, 3.05) is 18.0 Å². The molecule has 1 aliphatic rings. The van der Waals surface area contributed by atoms with Crippen LogP contribution < -0.4 is 9.64 Å². The van der Waals surface area contributed by atoms with E-state index >= 15 is 0 Å². The van der Waals surface area contributed by atoms with E-state index in [0.29, 0.717) is 6.01 Å². The average Bonchev–Trinajstić information content (AvgIpc) is 2.97. The molecule has 0 saturated carbocycles. The first kappa shape index (κ1) is 15.6. The molecule has 122 valence electrons. The van der Waals surface area contributed by atoms with Crippen LogP contribution in [0.3, 0.4) is 0 Å². The number of aromatic nitrogens is 4. The van der Waals surface area contributed by atoms with Gasteiger partial charge in [0, 0.05) is 30.8 Å². The Bertz CT molecular complexity index is 648. The van der Waals surface area contributed by atoms with E-state index in [0.717, 1.165) is 36.6 Å². The summed E-state index contributed by atoms with van der Waals surface area (Å²) >= 11 is 0. The van der Waals surface area contributed by atoms with Gasteiger partial charge in [-0.05, 0) is 24.6 Å². The number of ether oxygens (including phenoxy) is 1. The molecule has 0 spiro atoms. The van der Waals surface area contributed by atoms with Crippen molar-refractivity contribution in [3.05, 3.63) is 35.8 Å². The van der Waals surface area contributed by atoms with Gasteiger partial charge in [-0.2, -0.15) is 5.10 Å². The fourth-order valence-corrected chi connectivity index (χ4v) is 2.52. The number of hydrogen-bond donors (Lipinski definition) is 0. The van der Waals surface area contributed by atoms with Gasteiger partial charge in [-0.15, -0.1) is 5.10 Å². The highest BCUT2D eigenvalue weighted by Gasteiger charge is 2.26. The van der Waals surface area contributed by atoms with Gasteiger partial charge in [-0.1, -0.05) is 20.8 Å². The van der Waals surface area contributed by atoms with Crippen LogP contribution in [0.5, 0.6) is 6.01 Å². The molecule has 0 radical (unpaired) electrons. The van der Waals surface area contributed by atoms with E-state index < -0.39 is 0 Å². The third-order valence-corrected chi connectivity index (χ3v) is 3.92. The summed E-state index contributed by atoms with van der Waals surface area (Å²) in [4.78, 5) is 10.6. The molecule has 23 heavy (non-hydrogen) atoms. The van der Waals surface area contributed by atoms with Crippen molar-refractivity contribution in [2.24, 2.45) is 0 Å². The average molecular weight is 313 g/mol. The van der Waals surface area contributed by atoms with E-state index in [-0.39, 0.29) is 11.5 Å². The molecule has 1 fully saturated rings. The molecule has 3 heterocycles. The van der Waals surface area contributed by atoms with Crippen molar-refractivity contribution in [1.29, 1.82) is 0 Å². The minimum Gasteiger partial charge on any atom is -0.458 e. The highest BCUT2D eigenvalue weighted by molar-refractivity contribution is 5.39. The summed E-state index contributed by atoms with van der Waals surface area (Å²) in [6.45, 7) is 10.1. The standard InChI is InChI=1S/C17H23N5O/c1-12-9-18-16(19-10-12)23-13-7-8-22(11-13)15-6-5-14(20-21-15)17(2,3)4/h5-6,9-10,13H,7-8,11H2,1-4H3. The Kier molecular flexibility index (Phi) is 4.15. The van der Waals surface area contributed by atoms with E-state index in [4.69, 9.17) is 4.74 Å². The zero-order valence-corrected chi connectivity index (χ0v) is 14.2. The molecule has 1 atom stereocenters. The Hall–Kier alpha value is -2.24. The van der Waals surface area contributed by atoms with E-state index in [1.165, 1.54) is 0 Å². The Morgan fingerprint density at radius 2 is 1.87 bits per heavy atom. The molecule has 0 N–H and O–H groups in total. The number of anilines is 1. The number of hydrogen-bond acceptors (Lipinski definition) is 6. The lowest BCUT2D eigenvalue weighted by atomic mass is 9.92. The van der Waals surface area contributed by atoms with Crippen LogP contribution in [0.15, 0.2) is 24.5 Å². The molecule has 6 heteroatoms. The normalized spacial score (nSPS) is 18.3. The van der Waals surface area contributed by atoms with Gasteiger partial charge in [0.1, 0.15) is 6.10 Å². The largest absolute Gasteiger partial charge is 0.458 e. The Balaban J connectivity index is 1.62. The van der Waals surface area contributed by atoms with E-state index in [1.807, 2.05) is 13.0 Å². The summed E-state index contributed by atoms with van der Waals surface area (Å²) in [5.41, 5.74) is 2.05. The molecule has 6 nitrogen and oxygen atoms in total. The van der Waals surface area contributed by atoms with Gasteiger partial charge < -0.3 is 9.64 Å². The minimum atomic E-state index is 0.0188. The summed E-state index contributed by atoms with van der Waals surface area (Å²) in [6.07, 6.45) is 4.55. The molecular weight excluding hydrogens is 290 g/mol. The molecular formula is C17H23N5O. The van der Waals surface area contributed by atoms with Crippen LogP contribution in [0.2, 0.25) is 0 Å². The molecule has 2 aromatic rings. The maximum Gasteiger partial charge on any atom is 0.316 e. The zero-order chi connectivity index (χ0) is 16.4. The van der Waals surface area contributed by atoms with Gasteiger partial charge in [0.25, 0.3) is 0 Å². The summed E-state index contributed by atoms with van der Waals surface area (Å²) in [5.74, 6) is 0.897. The van der Waals surface area contributed by atoms with Crippen LogP contribution in [-0.4, -0.2) is 39.4 Å². The Morgan fingerprint density at radius 1 is 1.13 bits per heavy atom. The topological polar surface area (TPSA) is 64.0 Å². The van der Waals surface area contributed by atoms with Gasteiger partial charge in [0.05, 0.1) is 12.2 Å². The molecule has 3 rings (SSSR count). The third kappa shape index (κ3) is 3.75. The van der Waals surface area contributed by atoms with Gasteiger partial charge in [-0.3, -0.25) is 0 Å². The second-order valence-electron chi connectivity index (χ2n) is 7.04. The predicted molar refractivity (Wildman–Crippen MR) is 88.7 cm³/mol. The quantitative estimate of drug-likeness (QED) is 0.867. The molecule has 1 aliphatic heterocycles. The maximum absolute atomic E-state index is 5.85. The monoisotopic (exact) mass is 313 g/mol. The smallest absolute Gasteiger partial charge is 0.316 e. The molecule has 1 saturated heterocycles. The van der Waals surface area contributed by atoms with Crippen molar-refractivity contribution < 1.29 is 4.74 Å². The van der Waals surface area contributed by atoms with Gasteiger partial charge in [0.2, 0.25) is 0 Å². The molecule has 0 aromatic carbocycles. The molecule has 0 aliphatic carbocycles. The predicted octanol–water partition coefficient (Wildman–Crippen LogP) is 2.53. The van der Waals surface area contributed by atoms with Crippen molar-refractivity contribution >= 4 is 5.82 Å². The van der Waals surface area contributed by atoms with Crippen LogP contribution >= 0.6 is 0 Å². The lowest BCUT2D eigenvalue weighted by Gasteiger charge is -2.20. The number of rotatable bonds is 3. The highest BCUT2D eigenvalue weighted by atomic mass is 16.5. The van der Waals surface area contributed by atoms with Crippen LogP contribution in [-0.2, 0) is 5.41 Å². The molecule has 0 amide bonds. The lowest BCUT2D eigenvalue weighted by molar-refractivity contribution is 0.206. The summed E-state index contributed by atoms with van der Waals surface area (Å²) in [7, 11) is 0. The second-order valence-corrected chi connectivity index (χ2v) is 7.04. The second kappa shape index (κ2) is 6.10. The van der Waals surface area contributed by atoms with Crippen LogP contribution in [0, 0.1) is 6.92 Å². The fourth-order valence-electron chi connectivity index (χ4n) is 2.52. The zero-order valence-electron chi connectivity index (χ0n) is 14.2. The summed E-state index contributed by atoms with van der Waals surface area (Å²) in [6, 6.07) is 4.54. The highest BCUT2D eigenvalue weighted by Crippen LogP contribution is 2.23. The number of nitrogens with zero attached hydrogens (tertiary/aromatic N) is 5. The summed E-state index contributed by atoms with van der Waals surface area (Å²) in [5, 5.41) is 8.73. The fraction of sp³-hybridized carbons (Fsp3) is 0.529. The molecule has 1 unspecified atom stereocenters. The van der Waals surface area contributed by atoms with Crippen molar-refractivity contribution in [3.8, 4) is 6.01 Å². The van der Waals surface area contributed by atoms with Crippen LogP contribution in [0.1, 0.15) is 38.4 Å². The van der Waals surface area contributed by atoms with Crippen molar-refractivity contribution in [2.45, 2.75) is 45.6 Å². The van der Waals surface area contributed by atoms with E-state index in [1.54, 1.807) is 12.4 Å². The van der Waals surface area contributed by atoms with Gasteiger partial charge in [-0.25, -0.2) is 9.97 Å². The first-order chi connectivity index (χ1) is 10.9. The van der Waals surface area contributed by atoms with Crippen LogP contribution in [0.25, 0.3) is 0 Å².